The van der Waals surface area contributed by atoms with Crippen LogP contribution in [0.25, 0.3) is 0 Å². The molecule has 1 aromatic carbocycles. The van der Waals surface area contributed by atoms with E-state index in [4.69, 9.17) is 0 Å². The van der Waals surface area contributed by atoms with Crippen LogP contribution in [-0.2, 0) is 0 Å². The predicted molar refractivity (Wildman–Crippen MR) is 63.3 cm³/mol. The highest BCUT2D eigenvalue weighted by Crippen LogP contribution is 2.22. The fourth-order valence-corrected chi connectivity index (χ4v) is 2.06. The molecule has 2 heterocycles. The zero-order valence-electron chi connectivity index (χ0n) is 9.09. The molecule has 0 fully saturated rings. The molecule has 0 radical (unpaired) electrons. The van der Waals surface area contributed by atoms with Crippen LogP contribution in [0.4, 0.5) is 0 Å². The van der Waals surface area contributed by atoms with Crippen LogP contribution >= 0.6 is 0 Å². The van der Waals surface area contributed by atoms with E-state index >= 15 is 0 Å². The molecule has 0 N–H and O–H groups in total. The van der Waals surface area contributed by atoms with Crippen molar-refractivity contribution in [2.75, 3.05) is 13.1 Å². The van der Waals surface area contributed by atoms with Gasteiger partial charge in [-0.15, -0.1) is 0 Å². The minimum atomic E-state index is -0.228. The van der Waals surface area contributed by atoms with Gasteiger partial charge in [-0.05, 0) is 18.2 Å². The Morgan fingerprint density at radius 1 is 1.12 bits per heavy atom. The van der Waals surface area contributed by atoms with E-state index in [1.54, 1.807) is 24.3 Å². The Bertz CT molecular complexity index is 538. The van der Waals surface area contributed by atoms with Gasteiger partial charge in [0.2, 0.25) is 0 Å². The molecule has 0 saturated heterocycles. The highest BCUT2D eigenvalue weighted by atomic mass is 16.2. The maximum Gasteiger partial charge on any atom is 0.261 e. The van der Waals surface area contributed by atoms with Crippen LogP contribution in [0.1, 0.15) is 20.7 Å². The summed E-state index contributed by atoms with van der Waals surface area (Å²) in [6.07, 6.45) is 3.76. The Kier molecular flexibility index (Phi) is 2.14. The number of hydrogen-bond acceptors (Lipinski definition) is 3. The third kappa shape index (κ3) is 1.49. The summed E-state index contributed by atoms with van der Waals surface area (Å²) in [4.78, 5) is 29.5. The van der Waals surface area contributed by atoms with Crippen molar-refractivity contribution in [1.82, 2.24) is 4.90 Å². The number of benzene rings is 1. The molecule has 2 aliphatic rings. The van der Waals surface area contributed by atoms with Crippen LogP contribution in [0.2, 0.25) is 0 Å². The number of carbonyl (C=O) groups is 2. The average Bonchev–Trinajstić information content (AvgIpc) is 2.94. The van der Waals surface area contributed by atoms with Crippen molar-refractivity contribution in [2.24, 2.45) is 4.99 Å². The zero-order chi connectivity index (χ0) is 11.8. The highest BCUT2D eigenvalue weighted by Gasteiger charge is 2.35. The van der Waals surface area contributed by atoms with Gasteiger partial charge in [0.15, 0.2) is 0 Å². The first-order valence-corrected chi connectivity index (χ1v) is 5.42. The first kappa shape index (κ1) is 9.96. The number of imide groups is 1. The van der Waals surface area contributed by atoms with E-state index in [0.29, 0.717) is 17.7 Å². The molecule has 0 bridgehead atoms. The topological polar surface area (TPSA) is 49.7 Å². The average molecular weight is 226 g/mol. The van der Waals surface area contributed by atoms with Gasteiger partial charge in [0, 0.05) is 0 Å². The summed E-state index contributed by atoms with van der Waals surface area (Å²) in [5.41, 5.74) is 1.75. The van der Waals surface area contributed by atoms with Gasteiger partial charge in [-0.3, -0.25) is 19.5 Å². The van der Waals surface area contributed by atoms with Gasteiger partial charge < -0.3 is 0 Å². The zero-order valence-corrected chi connectivity index (χ0v) is 9.09. The summed E-state index contributed by atoms with van der Waals surface area (Å²) >= 11 is 0. The van der Waals surface area contributed by atoms with Crippen LogP contribution in [0.5, 0.6) is 0 Å². The van der Waals surface area contributed by atoms with Crippen LogP contribution in [0, 0.1) is 0 Å². The molecule has 0 aliphatic carbocycles. The van der Waals surface area contributed by atoms with Crippen molar-refractivity contribution in [3.05, 3.63) is 47.5 Å². The summed E-state index contributed by atoms with van der Waals surface area (Å²) in [5, 5.41) is 0. The number of carbonyl (C=O) groups excluding carboxylic acids is 2. The molecular formula is C13H10N2O2. The fraction of sp³-hybridized carbons (Fsp3) is 0.154. The molecule has 84 valence electrons. The number of nitrogens with zero attached hydrogens (tertiary/aromatic N) is 2. The number of rotatable bonds is 2. The van der Waals surface area contributed by atoms with E-state index in [1.165, 1.54) is 4.90 Å². The van der Waals surface area contributed by atoms with Gasteiger partial charge in [-0.2, -0.15) is 0 Å². The lowest BCUT2D eigenvalue weighted by atomic mass is 10.1. The standard InChI is InChI=1S/C13H10N2O2/c16-12-10-5-1-2-6-11(10)13(17)15(12)8-9-4-3-7-14-9/h1-6H,7-8H2. The Balaban J connectivity index is 1.92. The lowest BCUT2D eigenvalue weighted by molar-refractivity contribution is 0.0678. The highest BCUT2D eigenvalue weighted by molar-refractivity contribution is 6.23. The SMILES string of the molecule is O=C1c2ccccc2C(=O)N1CC1=NCC=C1. The Labute approximate surface area is 98.3 Å². The molecule has 0 aromatic heterocycles. The monoisotopic (exact) mass is 226 g/mol. The third-order valence-corrected chi connectivity index (χ3v) is 2.91. The molecule has 0 atom stereocenters. The Morgan fingerprint density at radius 3 is 2.29 bits per heavy atom. The van der Waals surface area contributed by atoms with Gasteiger partial charge in [-0.1, -0.05) is 18.2 Å². The molecule has 2 amide bonds. The van der Waals surface area contributed by atoms with Gasteiger partial charge in [-0.25, -0.2) is 0 Å². The van der Waals surface area contributed by atoms with E-state index in [0.717, 1.165) is 5.71 Å². The molecule has 0 unspecified atom stereocenters. The summed E-state index contributed by atoms with van der Waals surface area (Å²) in [6.45, 7) is 0.904. The number of amides is 2. The summed E-state index contributed by atoms with van der Waals surface area (Å²) in [7, 11) is 0. The second-order valence-electron chi connectivity index (χ2n) is 3.98. The minimum Gasteiger partial charge on any atom is -0.284 e. The summed E-state index contributed by atoms with van der Waals surface area (Å²) in [6, 6.07) is 6.89. The molecule has 4 nitrogen and oxygen atoms in total. The lowest BCUT2D eigenvalue weighted by Crippen LogP contribution is -2.34. The van der Waals surface area contributed by atoms with Crippen molar-refractivity contribution in [3.63, 3.8) is 0 Å². The molecule has 4 heteroatoms. The second kappa shape index (κ2) is 3.66. The molecule has 0 spiro atoms. The van der Waals surface area contributed by atoms with Crippen molar-refractivity contribution < 1.29 is 9.59 Å². The first-order chi connectivity index (χ1) is 8.27. The Morgan fingerprint density at radius 2 is 1.76 bits per heavy atom. The van der Waals surface area contributed by atoms with Crippen LogP contribution in [0.15, 0.2) is 41.4 Å². The molecule has 1 aromatic rings. The maximum atomic E-state index is 12.0. The fourth-order valence-electron chi connectivity index (χ4n) is 2.06. The van der Waals surface area contributed by atoms with E-state index in [9.17, 15) is 9.59 Å². The molecule has 0 saturated carbocycles. The minimum absolute atomic E-state index is 0.228. The van der Waals surface area contributed by atoms with Crippen molar-refractivity contribution in [1.29, 1.82) is 0 Å². The Hall–Kier alpha value is -2.23. The number of fused-ring (bicyclic) bond motifs is 1. The van der Waals surface area contributed by atoms with Gasteiger partial charge in [0.1, 0.15) is 0 Å². The first-order valence-electron chi connectivity index (χ1n) is 5.42. The quantitative estimate of drug-likeness (QED) is 0.713. The summed E-state index contributed by atoms with van der Waals surface area (Å²) < 4.78 is 0. The van der Waals surface area contributed by atoms with Crippen LogP contribution in [0.3, 0.4) is 0 Å². The number of hydrogen-bond donors (Lipinski definition) is 0. The molecule has 17 heavy (non-hydrogen) atoms. The molecular weight excluding hydrogens is 216 g/mol. The normalized spacial score (nSPS) is 17.6. The van der Waals surface area contributed by atoms with E-state index < -0.39 is 0 Å². The third-order valence-electron chi connectivity index (χ3n) is 2.91. The van der Waals surface area contributed by atoms with Gasteiger partial charge in [0.25, 0.3) is 11.8 Å². The van der Waals surface area contributed by atoms with Crippen molar-refractivity contribution in [2.45, 2.75) is 0 Å². The predicted octanol–water partition coefficient (Wildman–Crippen LogP) is 1.29. The lowest BCUT2D eigenvalue weighted by Gasteiger charge is -2.12. The van der Waals surface area contributed by atoms with Crippen molar-refractivity contribution >= 4 is 17.5 Å². The van der Waals surface area contributed by atoms with Crippen molar-refractivity contribution in [3.8, 4) is 0 Å². The smallest absolute Gasteiger partial charge is 0.261 e. The van der Waals surface area contributed by atoms with Crippen LogP contribution in [-0.4, -0.2) is 35.5 Å². The van der Waals surface area contributed by atoms with E-state index in [2.05, 4.69) is 4.99 Å². The summed E-state index contributed by atoms with van der Waals surface area (Å²) in [5.74, 6) is -0.456. The van der Waals surface area contributed by atoms with E-state index in [-0.39, 0.29) is 18.4 Å². The second-order valence-corrected chi connectivity index (χ2v) is 3.98. The maximum absolute atomic E-state index is 12.0. The van der Waals surface area contributed by atoms with Gasteiger partial charge >= 0.3 is 0 Å². The number of aliphatic imine (C=N–C) groups is 1. The van der Waals surface area contributed by atoms with Gasteiger partial charge in [0.05, 0.1) is 29.9 Å². The van der Waals surface area contributed by atoms with Crippen LogP contribution < -0.4 is 0 Å². The molecule has 3 rings (SSSR count). The molecule has 2 aliphatic heterocycles. The van der Waals surface area contributed by atoms with E-state index in [1.807, 2.05) is 12.2 Å². The largest absolute Gasteiger partial charge is 0.284 e.